The molecule has 0 N–H and O–H groups in total. The molecule has 2 saturated carbocycles. The number of para-hydroxylation sites is 2. The number of piperazine rings is 1. The third-order valence-electron chi connectivity index (χ3n) is 10.6. The topological polar surface area (TPSA) is 44.6 Å². The molecule has 5 fully saturated rings. The molecule has 3 aliphatic heterocycles. The molecule has 6 nitrogen and oxygen atoms in total. The number of anilines is 1. The lowest BCUT2D eigenvalue weighted by atomic mass is 9.68. The van der Waals surface area contributed by atoms with Gasteiger partial charge >= 0.3 is 0 Å². The molecule has 5 aliphatic rings. The van der Waals surface area contributed by atoms with Crippen molar-refractivity contribution in [1.82, 2.24) is 19.4 Å². The van der Waals surface area contributed by atoms with Crippen molar-refractivity contribution in [2.75, 3.05) is 37.6 Å². The average molecular weight is 504 g/mol. The minimum absolute atomic E-state index is 0.264. The molecular formula is C31H45N5O. The van der Waals surface area contributed by atoms with E-state index in [-0.39, 0.29) is 5.78 Å². The molecule has 3 saturated heterocycles. The van der Waals surface area contributed by atoms with E-state index in [1.54, 1.807) is 6.92 Å². The third kappa shape index (κ3) is 4.63. The number of ketones is 1. The third-order valence-corrected chi connectivity index (χ3v) is 10.6. The van der Waals surface area contributed by atoms with Gasteiger partial charge < -0.3 is 9.47 Å². The zero-order valence-corrected chi connectivity index (χ0v) is 22.7. The fraction of sp³-hybridized carbons (Fsp3) is 0.742. The maximum Gasteiger partial charge on any atom is 0.206 e. The lowest BCUT2D eigenvalue weighted by molar-refractivity contribution is -0.118. The molecule has 0 spiro atoms. The van der Waals surface area contributed by atoms with Crippen LogP contribution in [0.3, 0.4) is 0 Å². The zero-order valence-electron chi connectivity index (χ0n) is 22.7. The van der Waals surface area contributed by atoms with Gasteiger partial charge in [-0.05, 0) is 75.8 Å². The highest BCUT2D eigenvalue weighted by atomic mass is 16.1. The molecule has 2 unspecified atom stereocenters. The van der Waals surface area contributed by atoms with E-state index in [0.29, 0.717) is 12.6 Å². The van der Waals surface area contributed by atoms with Crippen molar-refractivity contribution in [3.05, 3.63) is 24.3 Å². The van der Waals surface area contributed by atoms with Crippen molar-refractivity contribution in [2.24, 2.45) is 11.8 Å². The predicted octanol–water partition coefficient (Wildman–Crippen LogP) is 5.27. The summed E-state index contributed by atoms with van der Waals surface area (Å²) in [5.74, 6) is 3.44. The molecule has 6 heteroatoms. The maximum atomic E-state index is 11.7. The highest BCUT2D eigenvalue weighted by Gasteiger charge is 2.45. The summed E-state index contributed by atoms with van der Waals surface area (Å²) in [6.07, 6.45) is 15.6. The Labute approximate surface area is 222 Å². The molecule has 0 amide bonds. The van der Waals surface area contributed by atoms with Gasteiger partial charge in [-0.15, -0.1) is 0 Å². The van der Waals surface area contributed by atoms with Crippen LogP contribution in [0.2, 0.25) is 0 Å². The van der Waals surface area contributed by atoms with Crippen molar-refractivity contribution >= 4 is 22.8 Å². The highest BCUT2D eigenvalue weighted by Crippen LogP contribution is 2.48. The van der Waals surface area contributed by atoms with Crippen LogP contribution in [0.5, 0.6) is 0 Å². The lowest BCUT2D eigenvalue weighted by Crippen LogP contribution is -2.58. The average Bonchev–Trinajstić information content (AvgIpc) is 3.27. The van der Waals surface area contributed by atoms with Crippen LogP contribution >= 0.6 is 0 Å². The van der Waals surface area contributed by atoms with Crippen LogP contribution in [-0.4, -0.2) is 76.0 Å². The fourth-order valence-electron chi connectivity index (χ4n) is 9.17. The molecule has 1 aromatic carbocycles. The summed E-state index contributed by atoms with van der Waals surface area (Å²) >= 11 is 0. The van der Waals surface area contributed by atoms with Gasteiger partial charge in [0.2, 0.25) is 5.95 Å². The number of benzene rings is 1. The Morgan fingerprint density at radius 3 is 2.19 bits per heavy atom. The lowest BCUT2D eigenvalue weighted by Gasteiger charge is -2.55. The number of rotatable bonds is 5. The van der Waals surface area contributed by atoms with E-state index in [2.05, 4.69) is 43.5 Å². The molecule has 6 atom stereocenters. The summed E-state index contributed by atoms with van der Waals surface area (Å²) < 4.78 is 2.65. The van der Waals surface area contributed by atoms with E-state index in [4.69, 9.17) is 4.98 Å². The second-order valence-corrected chi connectivity index (χ2v) is 13.1. The molecular weight excluding hydrogens is 458 g/mol. The Morgan fingerprint density at radius 2 is 1.49 bits per heavy atom. The van der Waals surface area contributed by atoms with E-state index in [1.807, 2.05) is 0 Å². The second kappa shape index (κ2) is 10.00. The Hall–Kier alpha value is -1.92. The largest absolute Gasteiger partial charge is 0.340 e. The van der Waals surface area contributed by atoms with Crippen LogP contribution in [-0.2, 0) is 4.79 Å². The molecule has 1 aromatic heterocycles. The van der Waals surface area contributed by atoms with Gasteiger partial charge in [0.1, 0.15) is 5.78 Å². The van der Waals surface area contributed by atoms with Crippen LogP contribution in [0.4, 0.5) is 5.95 Å². The quantitative estimate of drug-likeness (QED) is 0.556. The standard InChI is InChI=1S/C31H45N5O/c1-22(37)21-33-12-14-34(15-13-33)31-32-29-10-2-3-11-30(29)36(31)28-19-25-8-5-9-26(20-28)35(25)27-17-23-6-4-7-24(16-23)18-27/h2-3,10-11,23-28H,4-9,12-21H2,1H3/t23-,24+,25-,26+,27?,28?. The van der Waals surface area contributed by atoms with Gasteiger partial charge in [-0.1, -0.05) is 37.8 Å². The molecule has 4 bridgehead atoms. The van der Waals surface area contributed by atoms with Crippen LogP contribution in [0.25, 0.3) is 11.0 Å². The second-order valence-electron chi connectivity index (χ2n) is 13.1. The first-order valence-electron chi connectivity index (χ1n) is 15.3. The SMILES string of the molecule is CC(=O)CN1CCN(c2nc3ccccc3n2C2C[C@H]3CCC[C@@H](C2)N3C2C[C@H]3CCC[C@@H](C2)C3)CC1. The van der Waals surface area contributed by atoms with Crippen molar-refractivity contribution in [3.8, 4) is 0 Å². The van der Waals surface area contributed by atoms with Crippen LogP contribution < -0.4 is 4.90 Å². The molecule has 37 heavy (non-hydrogen) atoms. The van der Waals surface area contributed by atoms with Crippen LogP contribution in [0.1, 0.15) is 83.6 Å². The summed E-state index contributed by atoms with van der Waals surface area (Å²) in [5, 5.41) is 0. The van der Waals surface area contributed by atoms with Crippen LogP contribution in [0.15, 0.2) is 24.3 Å². The monoisotopic (exact) mass is 503 g/mol. The number of nitrogens with zero attached hydrogens (tertiary/aromatic N) is 5. The van der Waals surface area contributed by atoms with Crippen molar-refractivity contribution < 1.29 is 4.79 Å². The predicted molar refractivity (Wildman–Crippen MR) is 149 cm³/mol. The summed E-state index contributed by atoms with van der Waals surface area (Å²) in [5.41, 5.74) is 2.45. The number of carbonyl (C=O) groups is 1. The van der Waals surface area contributed by atoms with Gasteiger partial charge in [0.05, 0.1) is 17.6 Å². The zero-order chi connectivity index (χ0) is 24.9. The minimum atomic E-state index is 0.264. The van der Waals surface area contributed by atoms with Crippen molar-refractivity contribution in [1.29, 1.82) is 0 Å². The van der Waals surface area contributed by atoms with Gasteiger partial charge in [-0.3, -0.25) is 14.6 Å². The van der Waals surface area contributed by atoms with Gasteiger partial charge in [0, 0.05) is 50.3 Å². The number of piperidine rings is 2. The van der Waals surface area contributed by atoms with E-state index in [0.717, 1.165) is 61.7 Å². The fourth-order valence-corrected chi connectivity index (χ4v) is 9.17. The normalized spacial score (nSPS) is 35.1. The van der Waals surface area contributed by atoms with Gasteiger partial charge in [-0.2, -0.15) is 0 Å². The first kappa shape index (κ1) is 24.1. The van der Waals surface area contributed by atoms with Gasteiger partial charge in [0.15, 0.2) is 0 Å². The molecule has 2 aromatic rings. The van der Waals surface area contributed by atoms with Crippen molar-refractivity contribution in [3.63, 3.8) is 0 Å². The highest BCUT2D eigenvalue weighted by molar-refractivity contribution is 5.79. The Balaban J connectivity index is 1.15. The summed E-state index contributed by atoms with van der Waals surface area (Å²) in [4.78, 5) is 24.8. The number of hydrogen-bond acceptors (Lipinski definition) is 5. The number of aromatic nitrogens is 2. The molecule has 0 radical (unpaired) electrons. The summed E-state index contributed by atoms with van der Waals surface area (Å²) in [7, 11) is 0. The Kier molecular flexibility index (Phi) is 6.52. The van der Waals surface area contributed by atoms with E-state index in [1.165, 1.54) is 82.1 Å². The van der Waals surface area contributed by atoms with E-state index < -0.39 is 0 Å². The first-order valence-corrected chi connectivity index (χ1v) is 15.3. The molecule has 2 aliphatic carbocycles. The van der Waals surface area contributed by atoms with Crippen molar-refractivity contribution in [2.45, 2.75) is 102 Å². The molecule has 4 heterocycles. The van der Waals surface area contributed by atoms with E-state index >= 15 is 0 Å². The van der Waals surface area contributed by atoms with Gasteiger partial charge in [0.25, 0.3) is 0 Å². The number of imidazole rings is 1. The molecule has 7 rings (SSSR count). The summed E-state index contributed by atoms with van der Waals surface area (Å²) in [6.45, 7) is 6.07. The number of hydrogen-bond donors (Lipinski definition) is 0. The van der Waals surface area contributed by atoms with Crippen LogP contribution in [0, 0.1) is 11.8 Å². The minimum Gasteiger partial charge on any atom is -0.340 e. The first-order chi connectivity index (χ1) is 18.1. The number of fused-ring (bicyclic) bond motifs is 5. The molecule has 200 valence electrons. The smallest absolute Gasteiger partial charge is 0.206 e. The van der Waals surface area contributed by atoms with Gasteiger partial charge in [-0.25, -0.2) is 4.98 Å². The number of Topliss-reactive ketones (excluding diaryl/α,β-unsaturated/α-hetero) is 1. The Morgan fingerprint density at radius 1 is 0.811 bits per heavy atom. The summed E-state index contributed by atoms with van der Waals surface area (Å²) in [6, 6.07) is 11.7. The maximum absolute atomic E-state index is 11.7. The number of carbonyl (C=O) groups excluding carboxylic acids is 1. The Bertz CT molecular complexity index is 1090. The van der Waals surface area contributed by atoms with E-state index in [9.17, 15) is 4.79 Å².